The average Bonchev–Trinajstić information content (AvgIpc) is 2.93. The van der Waals surface area contributed by atoms with Crippen molar-refractivity contribution in [3.8, 4) is 6.07 Å². The van der Waals surface area contributed by atoms with E-state index in [0.29, 0.717) is 20.7 Å². The first-order chi connectivity index (χ1) is 9.61. The first kappa shape index (κ1) is 14.5. The SMILES string of the molecule is N#C/C(=C\c1cccc(Cl)c1Cl)C(=O)Nc1nccs1. The molecule has 1 aromatic heterocycles. The molecule has 0 fully saturated rings. The van der Waals surface area contributed by atoms with E-state index in [0.717, 1.165) is 0 Å². The highest BCUT2D eigenvalue weighted by Gasteiger charge is 2.12. The maximum Gasteiger partial charge on any atom is 0.268 e. The van der Waals surface area contributed by atoms with Crippen LogP contribution in [-0.4, -0.2) is 10.9 Å². The van der Waals surface area contributed by atoms with Crippen LogP contribution in [0.25, 0.3) is 6.08 Å². The minimum Gasteiger partial charge on any atom is -0.297 e. The largest absolute Gasteiger partial charge is 0.297 e. The Labute approximate surface area is 129 Å². The molecule has 1 aromatic carbocycles. The lowest BCUT2D eigenvalue weighted by Gasteiger charge is -2.02. The van der Waals surface area contributed by atoms with Crippen LogP contribution in [0.2, 0.25) is 10.0 Å². The zero-order chi connectivity index (χ0) is 14.5. The quantitative estimate of drug-likeness (QED) is 0.685. The molecule has 0 aliphatic carbocycles. The molecule has 1 amide bonds. The lowest BCUT2D eigenvalue weighted by molar-refractivity contribution is -0.112. The molecule has 0 aliphatic rings. The van der Waals surface area contributed by atoms with Crippen molar-refractivity contribution >= 4 is 51.7 Å². The van der Waals surface area contributed by atoms with Crippen LogP contribution in [0.1, 0.15) is 5.56 Å². The maximum absolute atomic E-state index is 11.9. The van der Waals surface area contributed by atoms with Crippen molar-refractivity contribution in [3.63, 3.8) is 0 Å². The number of nitriles is 1. The molecular formula is C13H7Cl2N3OS. The second-order valence-electron chi connectivity index (χ2n) is 3.60. The summed E-state index contributed by atoms with van der Waals surface area (Å²) in [6, 6.07) is 6.82. The third-order valence-electron chi connectivity index (χ3n) is 2.30. The number of nitrogens with zero attached hydrogens (tertiary/aromatic N) is 2. The Bertz CT molecular complexity index is 705. The zero-order valence-corrected chi connectivity index (χ0v) is 12.3. The topological polar surface area (TPSA) is 65.8 Å². The number of hydrogen-bond donors (Lipinski definition) is 1. The number of thiazole rings is 1. The molecule has 7 heteroatoms. The number of carbonyl (C=O) groups is 1. The number of amides is 1. The smallest absolute Gasteiger partial charge is 0.268 e. The predicted octanol–water partition coefficient (Wildman–Crippen LogP) is 4.00. The van der Waals surface area contributed by atoms with E-state index >= 15 is 0 Å². The van der Waals surface area contributed by atoms with Crippen molar-refractivity contribution in [2.45, 2.75) is 0 Å². The van der Waals surface area contributed by atoms with Gasteiger partial charge in [-0.2, -0.15) is 5.26 Å². The molecule has 0 saturated heterocycles. The number of halogens is 2. The fraction of sp³-hybridized carbons (Fsp3) is 0. The van der Waals surface area contributed by atoms with Gasteiger partial charge < -0.3 is 0 Å². The molecular weight excluding hydrogens is 317 g/mol. The molecule has 2 rings (SSSR count). The van der Waals surface area contributed by atoms with Crippen LogP contribution in [0.15, 0.2) is 35.3 Å². The Morgan fingerprint density at radius 3 is 2.90 bits per heavy atom. The first-order valence-electron chi connectivity index (χ1n) is 5.38. The molecule has 0 radical (unpaired) electrons. The van der Waals surface area contributed by atoms with Crippen LogP contribution < -0.4 is 5.32 Å². The van der Waals surface area contributed by atoms with E-state index in [1.165, 1.54) is 17.4 Å². The molecule has 1 heterocycles. The van der Waals surface area contributed by atoms with Gasteiger partial charge in [0.1, 0.15) is 11.6 Å². The van der Waals surface area contributed by atoms with Crippen LogP contribution in [0, 0.1) is 11.3 Å². The van der Waals surface area contributed by atoms with Crippen molar-refractivity contribution in [2.24, 2.45) is 0 Å². The second-order valence-corrected chi connectivity index (χ2v) is 5.28. The highest BCUT2D eigenvalue weighted by atomic mass is 35.5. The minimum atomic E-state index is -0.543. The Morgan fingerprint density at radius 2 is 2.25 bits per heavy atom. The van der Waals surface area contributed by atoms with Gasteiger partial charge in [-0.15, -0.1) is 11.3 Å². The number of hydrogen-bond acceptors (Lipinski definition) is 4. The highest BCUT2D eigenvalue weighted by Crippen LogP contribution is 2.27. The Balaban J connectivity index is 2.28. The standard InChI is InChI=1S/C13H7Cl2N3OS/c14-10-3-1-2-8(11(10)15)6-9(7-16)12(19)18-13-17-4-5-20-13/h1-6H,(H,17,18,19)/b9-6+. The molecule has 1 N–H and O–H groups in total. The van der Waals surface area contributed by atoms with Crippen LogP contribution in [0.4, 0.5) is 5.13 Å². The Hall–Kier alpha value is -1.87. The molecule has 0 aliphatic heterocycles. The molecule has 0 atom stereocenters. The highest BCUT2D eigenvalue weighted by molar-refractivity contribution is 7.13. The lowest BCUT2D eigenvalue weighted by Crippen LogP contribution is -2.13. The van der Waals surface area contributed by atoms with Crippen LogP contribution in [0.3, 0.4) is 0 Å². The Kier molecular flexibility index (Phi) is 4.74. The number of anilines is 1. The number of carbonyl (C=O) groups excluding carboxylic acids is 1. The third kappa shape index (κ3) is 3.36. The first-order valence-corrected chi connectivity index (χ1v) is 7.02. The van der Waals surface area contributed by atoms with Gasteiger partial charge in [0.25, 0.3) is 5.91 Å². The summed E-state index contributed by atoms with van der Waals surface area (Å²) in [5, 5.41) is 14.4. The zero-order valence-electron chi connectivity index (χ0n) is 9.93. The Morgan fingerprint density at radius 1 is 1.45 bits per heavy atom. The van der Waals surface area contributed by atoms with E-state index < -0.39 is 5.91 Å². The van der Waals surface area contributed by atoms with Gasteiger partial charge in [-0.1, -0.05) is 35.3 Å². The van der Waals surface area contributed by atoms with E-state index in [1.54, 1.807) is 29.8 Å². The second kappa shape index (κ2) is 6.53. The van der Waals surface area contributed by atoms with E-state index in [1.807, 2.05) is 6.07 Å². The van der Waals surface area contributed by atoms with Gasteiger partial charge in [0.2, 0.25) is 0 Å². The van der Waals surface area contributed by atoms with Crippen molar-refractivity contribution in [3.05, 3.63) is 51.0 Å². The van der Waals surface area contributed by atoms with E-state index in [4.69, 9.17) is 28.5 Å². The average molecular weight is 324 g/mol. The summed E-state index contributed by atoms with van der Waals surface area (Å²) in [4.78, 5) is 15.8. The molecule has 2 aromatic rings. The normalized spacial score (nSPS) is 10.9. The lowest BCUT2D eigenvalue weighted by atomic mass is 10.1. The minimum absolute atomic E-state index is 0.0793. The van der Waals surface area contributed by atoms with Crippen molar-refractivity contribution in [2.75, 3.05) is 5.32 Å². The van der Waals surface area contributed by atoms with Gasteiger partial charge >= 0.3 is 0 Å². The van der Waals surface area contributed by atoms with Crippen LogP contribution in [0.5, 0.6) is 0 Å². The van der Waals surface area contributed by atoms with E-state index in [9.17, 15) is 4.79 Å². The third-order valence-corrected chi connectivity index (χ3v) is 3.82. The molecule has 20 heavy (non-hydrogen) atoms. The van der Waals surface area contributed by atoms with Crippen molar-refractivity contribution in [1.82, 2.24) is 4.98 Å². The van der Waals surface area contributed by atoms with Gasteiger partial charge in [-0.05, 0) is 17.7 Å². The van der Waals surface area contributed by atoms with Gasteiger partial charge in [-0.25, -0.2) is 4.98 Å². The summed E-state index contributed by atoms with van der Waals surface area (Å²) in [5.74, 6) is -0.543. The number of benzene rings is 1. The summed E-state index contributed by atoms with van der Waals surface area (Å²) in [7, 11) is 0. The summed E-state index contributed by atoms with van der Waals surface area (Å²) >= 11 is 13.2. The van der Waals surface area contributed by atoms with E-state index in [2.05, 4.69) is 10.3 Å². The molecule has 0 saturated carbocycles. The van der Waals surface area contributed by atoms with Crippen molar-refractivity contribution < 1.29 is 4.79 Å². The summed E-state index contributed by atoms with van der Waals surface area (Å²) in [5.41, 5.74) is 0.425. The maximum atomic E-state index is 11.9. The summed E-state index contributed by atoms with van der Waals surface area (Å²) in [6.07, 6.45) is 2.95. The molecule has 100 valence electrons. The monoisotopic (exact) mass is 323 g/mol. The van der Waals surface area contributed by atoms with Gasteiger partial charge in [0, 0.05) is 11.6 Å². The number of rotatable bonds is 3. The number of aromatic nitrogens is 1. The number of nitrogens with one attached hydrogen (secondary N) is 1. The molecule has 0 bridgehead atoms. The molecule has 0 spiro atoms. The van der Waals surface area contributed by atoms with Crippen molar-refractivity contribution in [1.29, 1.82) is 5.26 Å². The van der Waals surface area contributed by atoms with Crippen LogP contribution in [-0.2, 0) is 4.79 Å². The molecule has 4 nitrogen and oxygen atoms in total. The van der Waals surface area contributed by atoms with Crippen LogP contribution >= 0.6 is 34.5 Å². The molecule has 0 unspecified atom stereocenters. The fourth-order valence-corrected chi connectivity index (χ4v) is 2.27. The van der Waals surface area contributed by atoms with Gasteiger partial charge in [0.05, 0.1) is 10.0 Å². The van der Waals surface area contributed by atoms with Gasteiger partial charge in [-0.3, -0.25) is 10.1 Å². The van der Waals surface area contributed by atoms with E-state index in [-0.39, 0.29) is 5.57 Å². The summed E-state index contributed by atoms with van der Waals surface area (Å²) < 4.78 is 0. The summed E-state index contributed by atoms with van der Waals surface area (Å²) in [6.45, 7) is 0. The predicted molar refractivity (Wildman–Crippen MR) is 80.8 cm³/mol. The fourth-order valence-electron chi connectivity index (χ4n) is 1.39. The van der Waals surface area contributed by atoms with Gasteiger partial charge in [0.15, 0.2) is 5.13 Å².